The monoisotopic (exact) mass is 328 g/mol. The number of nitrogens with zero attached hydrogens (tertiary/aromatic N) is 1. The van der Waals surface area contributed by atoms with Crippen molar-refractivity contribution in [2.75, 3.05) is 26.2 Å². The second-order valence-corrected chi connectivity index (χ2v) is 5.49. The smallest absolute Gasteiger partial charge is 0.247 e. The number of rotatable bonds is 5. The average Bonchev–Trinajstić information content (AvgIpc) is 2.64. The molecule has 2 aromatic carbocycles. The van der Waals surface area contributed by atoms with Crippen LogP contribution >= 0.6 is 0 Å². The molecule has 24 heavy (non-hydrogen) atoms. The molecular formula is C18H20N2O4. The quantitative estimate of drug-likeness (QED) is 0.851. The third-order valence-electron chi connectivity index (χ3n) is 4.22. The highest BCUT2D eigenvalue weighted by Gasteiger charge is 2.47. The SMILES string of the molecule is COc1cccc(N2C(=O)C(N)C2c2ccc(OC)c(OC)c2)c1. The fourth-order valence-corrected chi connectivity index (χ4v) is 2.95. The van der Waals surface area contributed by atoms with E-state index in [1.165, 1.54) is 0 Å². The summed E-state index contributed by atoms with van der Waals surface area (Å²) in [5, 5.41) is 0. The van der Waals surface area contributed by atoms with E-state index >= 15 is 0 Å². The molecule has 2 atom stereocenters. The summed E-state index contributed by atoms with van der Waals surface area (Å²) >= 11 is 0. The van der Waals surface area contributed by atoms with Crippen LogP contribution in [0.1, 0.15) is 11.6 Å². The molecule has 6 nitrogen and oxygen atoms in total. The molecule has 1 aliphatic rings. The maximum atomic E-state index is 12.3. The summed E-state index contributed by atoms with van der Waals surface area (Å²) in [6.45, 7) is 0. The Morgan fingerprint density at radius 1 is 0.958 bits per heavy atom. The molecule has 2 N–H and O–H groups in total. The zero-order valence-corrected chi connectivity index (χ0v) is 13.9. The predicted molar refractivity (Wildman–Crippen MR) is 90.7 cm³/mol. The number of β-lactam (4-membered cyclic amide) rings is 1. The molecule has 1 heterocycles. The number of anilines is 1. The number of ether oxygens (including phenoxy) is 3. The molecule has 1 fully saturated rings. The molecule has 0 aliphatic carbocycles. The zero-order valence-electron chi connectivity index (χ0n) is 13.9. The third kappa shape index (κ3) is 2.55. The lowest BCUT2D eigenvalue weighted by atomic mass is 9.88. The summed E-state index contributed by atoms with van der Waals surface area (Å²) in [4.78, 5) is 14.0. The maximum absolute atomic E-state index is 12.3. The highest BCUT2D eigenvalue weighted by atomic mass is 16.5. The van der Waals surface area contributed by atoms with Gasteiger partial charge in [0.25, 0.3) is 0 Å². The van der Waals surface area contributed by atoms with Crippen molar-refractivity contribution in [1.82, 2.24) is 0 Å². The van der Waals surface area contributed by atoms with Gasteiger partial charge in [0.2, 0.25) is 5.91 Å². The van der Waals surface area contributed by atoms with Gasteiger partial charge in [0, 0.05) is 11.8 Å². The molecule has 1 amide bonds. The van der Waals surface area contributed by atoms with Crippen LogP contribution in [-0.2, 0) is 4.79 Å². The van der Waals surface area contributed by atoms with Crippen LogP contribution in [0.15, 0.2) is 42.5 Å². The Morgan fingerprint density at radius 2 is 1.71 bits per heavy atom. The summed E-state index contributed by atoms with van der Waals surface area (Å²) in [5.41, 5.74) is 7.71. The molecule has 2 unspecified atom stereocenters. The normalized spacial score (nSPS) is 19.7. The van der Waals surface area contributed by atoms with Crippen LogP contribution in [0.2, 0.25) is 0 Å². The van der Waals surface area contributed by atoms with Gasteiger partial charge in [-0.2, -0.15) is 0 Å². The van der Waals surface area contributed by atoms with E-state index in [0.29, 0.717) is 17.2 Å². The first-order valence-corrected chi connectivity index (χ1v) is 7.55. The number of nitrogens with two attached hydrogens (primary N) is 1. The number of hydrogen-bond acceptors (Lipinski definition) is 5. The van der Waals surface area contributed by atoms with Crippen molar-refractivity contribution in [1.29, 1.82) is 0 Å². The zero-order chi connectivity index (χ0) is 17.3. The molecule has 0 bridgehead atoms. The van der Waals surface area contributed by atoms with Crippen molar-refractivity contribution in [3.05, 3.63) is 48.0 Å². The van der Waals surface area contributed by atoms with Crippen LogP contribution in [0.3, 0.4) is 0 Å². The second-order valence-electron chi connectivity index (χ2n) is 5.49. The van der Waals surface area contributed by atoms with Crippen molar-refractivity contribution in [2.45, 2.75) is 12.1 Å². The van der Waals surface area contributed by atoms with E-state index in [9.17, 15) is 4.79 Å². The number of amides is 1. The number of methoxy groups -OCH3 is 3. The molecule has 0 radical (unpaired) electrons. The number of benzene rings is 2. The van der Waals surface area contributed by atoms with Gasteiger partial charge in [-0.3, -0.25) is 4.79 Å². The fourth-order valence-electron chi connectivity index (χ4n) is 2.95. The van der Waals surface area contributed by atoms with Crippen LogP contribution in [0.5, 0.6) is 17.2 Å². The van der Waals surface area contributed by atoms with E-state index < -0.39 is 6.04 Å². The molecule has 1 aliphatic heterocycles. The molecule has 2 aromatic rings. The highest BCUT2D eigenvalue weighted by molar-refractivity contribution is 6.05. The third-order valence-corrected chi connectivity index (χ3v) is 4.22. The van der Waals surface area contributed by atoms with Gasteiger partial charge in [0.1, 0.15) is 11.8 Å². The number of carbonyl (C=O) groups excluding carboxylic acids is 1. The Labute approximate surface area is 140 Å². The van der Waals surface area contributed by atoms with E-state index in [4.69, 9.17) is 19.9 Å². The van der Waals surface area contributed by atoms with Crippen molar-refractivity contribution < 1.29 is 19.0 Å². The summed E-state index contributed by atoms with van der Waals surface area (Å²) in [5.74, 6) is 1.80. The van der Waals surface area contributed by atoms with Gasteiger partial charge in [-0.25, -0.2) is 0 Å². The van der Waals surface area contributed by atoms with E-state index in [2.05, 4.69) is 0 Å². The van der Waals surface area contributed by atoms with Gasteiger partial charge in [0.15, 0.2) is 11.5 Å². The van der Waals surface area contributed by atoms with Crippen LogP contribution in [0.4, 0.5) is 5.69 Å². The van der Waals surface area contributed by atoms with Gasteiger partial charge >= 0.3 is 0 Å². The summed E-state index contributed by atoms with van der Waals surface area (Å²) in [7, 11) is 4.75. The molecule has 0 aromatic heterocycles. The van der Waals surface area contributed by atoms with E-state index in [1.807, 2.05) is 42.5 Å². The largest absolute Gasteiger partial charge is 0.497 e. The number of carbonyl (C=O) groups is 1. The van der Waals surface area contributed by atoms with Crippen molar-refractivity contribution in [3.8, 4) is 17.2 Å². The Kier molecular flexibility index (Phi) is 4.31. The average molecular weight is 328 g/mol. The molecular weight excluding hydrogens is 308 g/mol. The summed E-state index contributed by atoms with van der Waals surface area (Å²) in [6.07, 6.45) is 0. The topological polar surface area (TPSA) is 74.0 Å². The first-order valence-electron chi connectivity index (χ1n) is 7.55. The molecule has 0 saturated carbocycles. The van der Waals surface area contributed by atoms with Gasteiger partial charge in [-0.15, -0.1) is 0 Å². The lowest BCUT2D eigenvalue weighted by molar-refractivity contribution is -0.126. The Morgan fingerprint density at radius 3 is 2.38 bits per heavy atom. The Bertz CT molecular complexity index is 762. The van der Waals surface area contributed by atoms with Gasteiger partial charge in [-0.05, 0) is 29.8 Å². The van der Waals surface area contributed by atoms with Crippen LogP contribution in [0, 0.1) is 0 Å². The summed E-state index contributed by atoms with van der Waals surface area (Å²) < 4.78 is 15.8. The Hall–Kier alpha value is -2.73. The lowest BCUT2D eigenvalue weighted by Gasteiger charge is -2.45. The fraction of sp³-hybridized carbons (Fsp3) is 0.278. The van der Waals surface area contributed by atoms with Gasteiger partial charge < -0.3 is 24.8 Å². The van der Waals surface area contributed by atoms with Crippen molar-refractivity contribution in [2.24, 2.45) is 5.73 Å². The molecule has 126 valence electrons. The van der Waals surface area contributed by atoms with Crippen molar-refractivity contribution in [3.63, 3.8) is 0 Å². The van der Waals surface area contributed by atoms with E-state index in [-0.39, 0.29) is 11.9 Å². The summed E-state index contributed by atoms with van der Waals surface area (Å²) in [6, 6.07) is 12.1. The maximum Gasteiger partial charge on any atom is 0.247 e. The first-order chi connectivity index (χ1) is 11.6. The molecule has 3 rings (SSSR count). The minimum Gasteiger partial charge on any atom is -0.497 e. The van der Waals surface area contributed by atoms with Crippen LogP contribution in [0.25, 0.3) is 0 Å². The Balaban J connectivity index is 1.98. The lowest BCUT2D eigenvalue weighted by Crippen LogP contribution is -2.63. The van der Waals surface area contributed by atoms with Crippen molar-refractivity contribution >= 4 is 11.6 Å². The van der Waals surface area contributed by atoms with E-state index in [0.717, 1.165) is 11.3 Å². The predicted octanol–water partition coefficient (Wildman–Crippen LogP) is 2.13. The standard InChI is InChI=1S/C18H20N2O4/c1-22-13-6-4-5-12(10-13)20-17(16(19)18(20)21)11-7-8-14(23-2)15(9-11)24-3/h4-10,16-17H,19H2,1-3H3. The minimum absolute atomic E-state index is 0.122. The minimum atomic E-state index is -0.589. The van der Waals surface area contributed by atoms with E-state index in [1.54, 1.807) is 26.2 Å². The van der Waals surface area contributed by atoms with Crippen LogP contribution in [-0.4, -0.2) is 33.3 Å². The first kappa shape index (κ1) is 16.1. The molecule has 0 spiro atoms. The number of hydrogen-bond donors (Lipinski definition) is 1. The van der Waals surface area contributed by atoms with Crippen LogP contribution < -0.4 is 24.8 Å². The molecule has 1 saturated heterocycles. The van der Waals surface area contributed by atoms with Gasteiger partial charge in [0.05, 0.1) is 27.4 Å². The second kappa shape index (κ2) is 6.41. The molecule has 6 heteroatoms. The van der Waals surface area contributed by atoms with Gasteiger partial charge in [-0.1, -0.05) is 12.1 Å². The highest BCUT2D eigenvalue weighted by Crippen LogP contribution is 2.41.